The van der Waals surface area contributed by atoms with Crippen LogP contribution in [-0.2, 0) is 16.6 Å². The number of sulfonamides is 1. The van der Waals surface area contributed by atoms with E-state index in [1.54, 1.807) is 25.3 Å². The van der Waals surface area contributed by atoms with Gasteiger partial charge in [-0.1, -0.05) is 18.2 Å². The van der Waals surface area contributed by atoms with Crippen molar-refractivity contribution in [3.8, 4) is 5.75 Å². The highest BCUT2D eigenvalue weighted by Crippen LogP contribution is 2.29. The average Bonchev–Trinajstić information content (AvgIpc) is 3.49. The number of pyridine rings is 1. The maximum absolute atomic E-state index is 12.5. The Hall–Kier alpha value is -2.64. The monoisotopic (exact) mass is 383 g/mol. The van der Waals surface area contributed by atoms with Crippen molar-refractivity contribution in [2.75, 3.05) is 12.4 Å². The van der Waals surface area contributed by atoms with Gasteiger partial charge < -0.3 is 10.1 Å². The lowest BCUT2D eigenvalue weighted by Gasteiger charge is -2.14. The molecule has 0 aliphatic heterocycles. The molecule has 7 heteroatoms. The Morgan fingerprint density at radius 3 is 2.74 bits per heavy atom. The predicted molar refractivity (Wildman–Crippen MR) is 105 cm³/mol. The summed E-state index contributed by atoms with van der Waals surface area (Å²) in [5.74, 6) is 0.592. The maximum atomic E-state index is 12.5. The molecule has 0 saturated heterocycles. The van der Waals surface area contributed by atoms with E-state index in [0.29, 0.717) is 18.0 Å². The Morgan fingerprint density at radius 1 is 1.15 bits per heavy atom. The Labute approximate surface area is 158 Å². The first-order valence-corrected chi connectivity index (χ1v) is 10.3. The first-order valence-electron chi connectivity index (χ1n) is 8.83. The summed E-state index contributed by atoms with van der Waals surface area (Å²) in [5, 5.41) is 4.33. The zero-order chi connectivity index (χ0) is 18.9. The van der Waals surface area contributed by atoms with Crippen LogP contribution in [0.2, 0.25) is 0 Å². The van der Waals surface area contributed by atoms with Crippen molar-refractivity contribution in [2.24, 2.45) is 0 Å². The minimum Gasteiger partial charge on any atom is -0.495 e. The molecule has 3 aromatic rings. The molecule has 140 valence electrons. The standard InChI is InChI=1S/C20H21N3O3S/c1-26-20-9-8-17(27(24,25)23-16-6-7-16)11-19(20)22-13-14-10-15-4-2-3-5-18(15)21-12-14/h2-5,8-12,16,22-23H,6-7,13H2,1H3. The molecule has 6 nitrogen and oxygen atoms in total. The van der Waals surface area contributed by atoms with E-state index in [0.717, 1.165) is 29.3 Å². The Kier molecular flexibility index (Phi) is 4.72. The summed E-state index contributed by atoms with van der Waals surface area (Å²) in [6.45, 7) is 0.508. The van der Waals surface area contributed by atoms with Gasteiger partial charge in [0.05, 0.1) is 23.2 Å². The van der Waals surface area contributed by atoms with E-state index >= 15 is 0 Å². The van der Waals surface area contributed by atoms with Crippen molar-refractivity contribution in [2.45, 2.75) is 30.3 Å². The Bertz CT molecular complexity index is 1080. The second-order valence-electron chi connectivity index (χ2n) is 6.65. The van der Waals surface area contributed by atoms with E-state index in [1.807, 2.05) is 30.5 Å². The SMILES string of the molecule is COc1ccc(S(=O)(=O)NC2CC2)cc1NCc1cnc2ccccc2c1. The van der Waals surface area contributed by atoms with Crippen molar-refractivity contribution in [3.05, 3.63) is 60.3 Å². The number of hydrogen-bond donors (Lipinski definition) is 2. The molecule has 1 fully saturated rings. The molecule has 1 aliphatic carbocycles. The van der Waals surface area contributed by atoms with Crippen molar-refractivity contribution in [3.63, 3.8) is 0 Å². The highest BCUT2D eigenvalue weighted by atomic mass is 32.2. The van der Waals surface area contributed by atoms with Crippen LogP contribution in [0.1, 0.15) is 18.4 Å². The fourth-order valence-electron chi connectivity index (χ4n) is 2.89. The maximum Gasteiger partial charge on any atom is 0.240 e. The third-order valence-corrected chi connectivity index (χ3v) is 6.03. The number of anilines is 1. The van der Waals surface area contributed by atoms with E-state index in [-0.39, 0.29) is 10.9 Å². The predicted octanol–water partition coefficient (Wildman–Crippen LogP) is 3.30. The van der Waals surface area contributed by atoms with Crippen molar-refractivity contribution < 1.29 is 13.2 Å². The minimum atomic E-state index is -3.51. The number of hydrogen-bond acceptors (Lipinski definition) is 5. The van der Waals surface area contributed by atoms with Gasteiger partial charge in [0.2, 0.25) is 10.0 Å². The van der Waals surface area contributed by atoms with E-state index in [2.05, 4.69) is 21.1 Å². The number of aromatic nitrogens is 1. The number of rotatable bonds is 7. The Morgan fingerprint density at radius 2 is 1.96 bits per heavy atom. The number of para-hydroxylation sites is 1. The largest absolute Gasteiger partial charge is 0.495 e. The molecule has 0 atom stereocenters. The summed E-state index contributed by atoms with van der Waals surface area (Å²) in [7, 11) is -1.95. The van der Waals surface area contributed by atoms with Gasteiger partial charge in [0, 0.05) is 24.2 Å². The molecule has 0 spiro atoms. The number of nitrogens with one attached hydrogen (secondary N) is 2. The van der Waals surface area contributed by atoms with E-state index in [1.165, 1.54) is 0 Å². The van der Waals surface area contributed by atoms with Gasteiger partial charge in [-0.3, -0.25) is 4.98 Å². The van der Waals surface area contributed by atoms with Gasteiger partial charge in [-0.05, 0) is 48.7 Å². The highest BCUT2D eigenvalue weighted by molar-refractivity contribution is 7.89. The zero-order valence-corrected chi connectivity index (χ0v) is 15.8. The molecule has 27 heavy (non-hydrogen) atoms. The normalized spacial score (nSPS) is 14.3. The molecule has 2 aromatic carbocycles. The number of fused-ring (bicyclic) bond motifs is 1. The second-order valence-corrected chi connectivity index (χ2v) is 8.36. The quantitative estimate of drug-likeness (QED) is 0.654. The second kappa shape index (κ2) is 7.17. The topological polar surface area (TPSA) is 80.3 Å². The molecule has 1 heterocycles. The van der Waals surface area contributed by atoms with Crippen molar-refractivity contribution >= 4 is 26.6 Å². The molecule has 0 bridgehead atoms. The summed E-state index contributed by atoms with van der Waals surface area (Å²) in [6.07, 6.45) is 3.61. The summed E-state index contributed by atoms with van der Waals surface area (Å²) in [4.78, 5) is 4.69. The number of nitrogens with zero attached hydrogens (tertiary/aromatic N) is 1. The van der Waals surface area contributed by atoms with Gasteiger partial charge in [-0.15, -0.1) is 0 Å². The summed E-state index contributed by atoms with van der Waals surface area (Å²) >= 11 is 0. The smallest absolute Gasteiger partial charge is 0.240 e. The Balaban J connectivity index is 1.56. The fourth-order valence-corrected chi connectivity index (χ4v) is 4.22. The van der Waals surface area contributed by atoms with Crippen LogP contribution >= 0.6 is 0 Å². The van der Waals surface area contributed by atoms with Crippen LogP contribution in [0.5, 0.6) is 5.75 Å². The van der Waals surface area contributed by atoms with Gasteiger partial charge in [-0.25, -0.2) is 13.1 Å². The third kappa shape index (κ3) is 4.04. The lowest BCUT2D eigenvalue weighted by Crippen LogP contribution is -2.25. The molecular weight excluding hydrogens is 362 g/mol. The zero-order valence-electron chi connectivity index (χ0n) is 15.0. The van der Waals surface area contributed by atoms with E-state index in [4.69, 9.17) is 4.74 Å². The van der Waals surface area contributed by atoms with Crippen LogP contribution in [-0.4, -0.2) is 26.6 Å². The number of ether oxygens (including phenoxy) is 1. The molecule has 0 amide bonds. The molecule has 1 saturated carbocycles. The van der Waals surface area contributed by atoms with E-state index in [9.17, 15) is 8.42 Å². The van der Waals surface area contributed by atoms with Crippen LogP contribution in [0.25, 0.3) is 10.9 Å². The van der Waals surface area contributed by atoms with Gasteiger partial charge in [0.15, 0.2) is 0 Å². The first kappa shape index (κ1) is 17.8. The summed E-state index contributed by atoms with van der Waals surface area (Å²) < 4.78 is 33.0. The molecule has 0 unspecified atom stereocenters. The first-order chi connectivity index (χ1) is 13.0. The molecule has 1 aliphatic rings. The van der Waals surface area contributed by atoms with E-state index < -0.39 is 10.0 Å². The lowest BCUT2D eigenvalue weighted by molar-refractivity contribution is 0.416. The van der Waals surface area contributed by atoms with Gasteiger partial charge in [0.25, 0.3) is 0 Å². The van der Waals surface area contributed by atoms with Gasteiger partial charge >= 0.3 is 0 Å². The molecule has 1 aromatic heterocycles. The molecular formula is C20H21N3O3S. The summed E-state index contributed by atoms with van der Waals surface area (Å²) in [6, 6.07) is 14.9. The van der Waals surface area contributed by atoms with Gasteiger partial charge in [0.1, 0.15) is 5.75 Å². The molecule has 2 N–H and O–H groups in total. The highest BCUT2D eigenvalue weighted by Gasteiger charge is 2.28. The third-order valence-electron chi connectivity index (χ3n) is 4.51. The van der Waals surface area contributed by atoms with Crippen LogP contribution in [0.4, 0.5) is 5.69 Å². The lowest BCUT2D eigenvalue weighted by atomic mass is 10.1. The van der Waals surface area contributed by atoms with Crippen LogP contribution < -0.4 is 14.8 Å². The number of methoxy groups -OCH3 is 1. The van der Waals surface area contributed by atoms with Crippen LogP contribution in [0.15, 0.2) is 59.6 Å². The number of benzene rings is 2. The molecule has 0 radical (unpaired) electrons. The van der Waals surface area contributed by atoms with Crippen LogP contribution in [0, 0.1) is 0 Å². The van der Waals surface area contributed by atoms with Crippen LogP contribution in [0.3, 0.4) is 0 Å². The average molecular weight is 383 g/mol. The minimum absolute atomic E-state index is 0.0668. The fraction of sp³-hybridized carbons (Fsp3) is 0.250. The van der Waals surface area contributed by atoms with Gasteiger partial charge in [-0.2, -0.15) is 0 Å². The molecule has 4 rings (SSSR count). The summed E-state index contributed by atoms with van der Waals surface area (Å²) in [5.41, 5.74) is 2.57. The van der Waals surface area contributed by atoms with Crippen molar-refractivity contribution in [1.82, 2.24) is 9.71 Å². The van der Waals surface area contributed by atoms with Crippen molar-refractivity contribution in [1.29, 1.82) is 0 Å².